The van der Waals surface area contributed by atoms with E-state index in [1.54, 1.807) is 33.8 Å². The molecule has 25 heteroatoms. The second-order valence-electron chi connectivity index (χ2n) is 28.8. The standard InChI is InChI=1S/C67H100N2O23/c1-30-23-44(71)42-25-32(3)46(87-53-29-65(11,69(78)79)59(39(10)86-53)68-64(77)81-14)19-15-31(2)41-17-16-40-56(66(41,12)60(73)55-61(74)67(42,28-30)92-63(55)76)33(4)24-34(5)57(40)91-52-27-48(54(37(8)84-52)62(75)80-13)89-49-22-20-47(36(7)83-49)88-51-26-45(72)58(38(9)85-51)90-50-21-18-43(70)35(6)82-50/h15-17,25,30,33-54,56-59,70-73H,18-24,26-29H2,1-14H3,(H,68,77)/b31-15+,32-25+,60-55?. The second-order valence-corrected chi connectivity index (χ2v) is 28.8. The summed E-state index contributed by atoms with van der Waals surface area (Å²) < 4.78 is 81.3. The average molecular weight is 1300 g/mol. The van der Waals surface area contributed by atoms with E-state index >= 15 is 4.79 Å². The van der Waals surface area contributed by atoms with E-state index in [1.165, 1.54) is 14.0 Å². The summed E-state index contributed by atoms with van der Waals surface area (Å²) in [5.74, 6) is -6.67. The lowest BCUT2D eigenvalue weighted by molar-refractivity contribution is -0.584. The number of nitro groups is 1. The molecule has 6 aliphatic heterocycles. The number of allylic oxidation sites excluding steroid dienone is 3. The molecule has 0 aromatic carbocycles. The first-order chi connectivity index (χ1) is 43.4. The van der Waals surface area contributed by atoms with Gasteiger partial charge in [-0.2, -0.15) is 0 Å². The summed E-state index contributed by atoms with van der Waals surface area (Å²) in [5, 5.41) is 62.2. The minimum Gasteiger partial charge on any atom is -0.511 e. The number of aliphatic hydroxyl groups is 4. The minimum atomic E-state index is -1.90. The molecular formula is C67H100N2O23. The molecule has 0 aromatic heterocycles. The van der Waals surface area contributed by atoms with Crippen LogP contribution in [0.5, 0.6) is 0 Å². The predicted molar refractivity (Wildman–Crippen MR) is 325 cm³/mol. The summed E-state index contributed by atoms with van der Waals surface area (Å²) in [6, 6.07) is -1.09. The predicted octanol–water partition coefficient (Wildman–Crippen LogP) is 7.12. The van der Waals surface area contributed by atoms with Gasteiger partial charge in [-0.3, -0.25) is 19.7 Å². The Bertz CT molecular complexity index is 2840. The number of carbonyl (C=O) groups is 4. The van der Waals surface area contributed by atoms with E-state index in [1.807, 2.05) is 46.8 Å². The van der Waals surface area contributed by atoms with E-state index in [9.17, 15) is 44.9 Å². The first kappa shape index (κ1) is 70.3. The first-order valence-electron chi connectivity index (χ1n) is 33.3. The van der Waals surface area contributed by atoms with E-state index in [-0.39, 0.29) is 56.3 Å². The van der Waals surface area contributed by atoms with E-state index in [2.05, 4.69) is 25.2 Å². The largest absolute Gasteiger partial charge is 0.511 e. The van der Waals surface area contributed by atoms with Gasteiger partial charge in [-0.25, -0.2) is 9.59 Å². The highest BCUT2D eigenvalue weighted by molar-refractivity contribution is 6.26. The van der Waals surface area contributed by atoms with Gasteiger partial charge in [0.25, 0.3) is 0 Å². The molecule has 8 fully saturated rings. The number of hydrogen-bond donors (Lipinski definition) is 5. The molecule has 0 aromatic rings. The number of aliphatic hydroxyl groups excluding tert-OH is 4. The van der Waals surface area contributed by atoms with Crippen molar-refractivity contribution in [2.24, 2.45) is 52.8 Å². The van der Waals surface area contributed by atoms with Crippen molar-refractivity contribution in [2.75, 3.05) is 14.2 Å². The number of esters is 2. The van der Waals surface area contributed by atoms with Crippen LogP contribution in [-0.2, 0) is 76.0 Å². The normalized spacial score (nSPS) is 48.7. The molecule has 30 atom stereocenters. The van der Waals surface area contributed by atoms with Gasteiger partial charge in [-0.05, 0) is 116 Å². The Morgan fingerprint density at radius 3 is 1.98 bits per heavy atom. The van der Waals surface area contributed by atoms with Crippen molar-refractivity contribution in [3.8, 4) is 0 Å². The third-order valence-electron chi connectivity index (χ3n) is 22.3. The summed E-state index contributed by atoms with van der Waals surface area (Å²) in [7, 11) is 2.48. The lowest BCUT2D eigenvalue weighted by Gasteiger charge is -2.56. The quantitative estimate of drug-likeness (QED) is 0.0306. The number of rotatable bonds is 13. The number of alkyl carbamates (subject to hydrolysis) is 1. The first-order valence-corrected chi connectivity index (χ1v) is 33.3. The molecule has 6 saturated heterocycles. The number of hydrogen-bond acceptors (Lipinski definition) is 23. The van der Waals surface area contributed by atoms with Crippen LogP contribution in [0.2, 0.25) is 0 Å². The maximum atomic E-state index is 15.6. The van der Waals surface area contributed by atoms with Crippen LogP contribution in [0.1, 0.15) is 154 Å². The number of amides is 1. The number of carbonyl (C=O) groups excluding carboxylic acids is 4. The van der Waals surface area contributed by atoms with Crippen LogP contribution in [0.15, 0.2) is 46.8 Å². The summed E-state index contributed by atoms with van der Waals surface area (Å²) in [5.41, 5.74) is -4.20. The third-order valence-corrected chi connectivity index (χ3v) is 22.3. The van der Waals surface area contributed by atoms with Gasteiger partial charge in [0.05, 0.1) is 99.8 Å². The third kappa shape index (κ3) is 13.5. The second kappa shape index (κ2) is 27.9. The minimum absolute atomic E-state index is 0.0589. The molecule has 6 heterocycles. The lowest BCUT2D eigenvalue weighted by Crippen LogP contribution is -2.65. The fourth-order valence-corrected chi connectivity index (χ4v) is 17.5. The molecule has 10 rings (SSSR count). The topological polar surface area (TPSA) is 324 Å². The SMILES string of the molecule is COC(=O)NC1C(C)OC(OC2C/C=C(\C)C3C=CC4C(OC5CC(OC6CCC(OC7CC(O)C(OC8CCC(O)C(C)O8)C(C)O7)C(C)O6)C(C(=O)OC)C(C)O5)C(C)CC(C)C4C3(C)C(O)=C3C(=O)OC4(CC(C)CC(O)C4/C=C/2C)C3=O)CC1(C)[N+](=O)[O-]. The number of nitrogens with zero attached hydrogens (tertiary/aromatic N) is 1. The van der Waals surface area contributed by atoms with E-state index in [0.29, 0.717) is 37.7 Å². The fraction of sp³-hybridized carbons (Fsp3) is 0.821. The highest BCUT2D eigenvalue weighted by Crippen LogP contribution is 2.61. The molecule has 1 spiro atoms. The molecular weight excluding hydrogens is 1200 g/mol. The van der Waals surface area contributed by atoms with Crippen molar-refractivity contribution in [1.29, 1.82) is 0 Å². The molecule has 30 unspecified atom stereocenters. The van der Waals surface area contributed by atoms with Gasteiger partial charge in [-0.15, -0.1) is 0 Å². The lowest BCUT2D eigenvalue weighted by atomic mass is 9.49. The Labute approximate surface area is 539 Å². The Morgan fingerprint density at radius 1 is 0.663 bits per heavy atom. The van der Waals surface area contributed by atoms with Crippen LogP contribution >= 0.6 is 0 Å². The zero-order valence-electron chi connectivity index (χ0n) is 55.7. The molecule has 516 valence electrons. The molecule has 25 nitrogen and oxygen atoms in total. The van der Waals surface area contributed by atoms with Crippen LogP contribution < -0.4 is 5.32 Å². The molecule has 0 radical (unpaired) electrons. The Balaban J connectivity index is 0.898. The van der Waals surface area contributed by atoms with Crippen molar-refractivity contribution in [3.63, 3.8) is 0 Å². The summed E-state index contributed by atoms with van der Waals surface area (Å²) >= 11 is 0. The van der Waals surface area contributed by atoms with Crippen molar-refractivity contribution in [1.82, 2.24) is 5.32 Å². The van der Waals surface area contributed by atoms with E-state index in [4.69, 9.17) is 61.6 Å². The monoisotopic (exact) mass is 1300 g/mol. The van der Waals surface area contributed by atoms with Gasteiger partial charge in [-0.1, -0.05) is 57.6 Å². The van der Waals surface area contributed by atoms with Crippen LogP contribution in [0.25, 0.3) is 0 Å². The van der Waals surface area contributed by atoms with Crippen molar-refractivity contribution >= 4 is 23.8 Å². The molecule has 10 aliphatic rings. The number of fused-ring (bicyclic) bond motifs is 4. The summed E-state index contributed by atoms with van der Waals surface area (Å²) in [4.78, 5) is 68.9. The average Bonchev–Trinajstić information content (AvgIpc) is 1.32. The van der Waals surface area contributed by atoms with Gasteiger partial charge in [0, 0.05) is 54.8 Å². The zero-order valence-corrected chi connectivity index (χ0v) is 55.7. The number of methoxy groups -OCH3 is 2. The zero-order chi connectivity index (χ0) is 66.8. The fourth-order valence-electron chi connectivity index (χ4n) is 17.5. The van der Waals surface area contributed by atoms with E-state index in [0.717, 1.165) is 12.7 Å². The van der Waals surface area contributed by atoms with Gasteiger partial charge >= 0.3 is 18.0 Å². The van der Waals surface area contributed by atoms with Crippen LogP contribution in [0, 0.1) is 62.9 Å². The molecule has 5 N–H and O–H groups in total. The maximum absolute atomic E-state index is 15.6. The van der Waals surface area contributed by atoms with Crippen molar-refractivity contribution < 1.29 is 106 Å². The molecule has 2 saturated carbocycles. The van der Waals surface area contributed by atoms with E-state index < -0.39 is 203 Å². The van der Waals surface area contributed by atoms with Gasteiger partial charge in [0.15, 0.2) is 37.1 Å². The Hall–Kier alpha value is -4.48. The van der Waals surface area contributed by atoms with Crippen molar-refractivity contribution in [2.45, 2.75) is 282 Å². The number of nitrogens with one attached hydrogen (secondary N) is 1. The number of Topliss-reactive ketones (excluding diaryl/α,β-unsaturated/α-hetero) is 1. The number of ketones is 1. The number of ether oxygens (including phenoxy) is 13. The van der Waals surface area contributed by atoms with Crippen molar-refractivity contribution in [3.05, 3.63) is 56.9 Å². The smallest absolute Gasteiger partial charge is 0.407 e. The Kier molecular flexibility index (Phi) is 21.3. The molecule has 4 aliphatic carbocycles. The molecule has 1 amide bonds. The van der Waals surface area contributed by atoms with Crippen LogP contribution in [-0.4, -0.2) is 191 Å². The van der Waals surface area contributed by atoms with Gasteiger partial charge < -0.3 is 87.3 Å². The van der Waals surface area contributed by atoms with Gasteiger partial charge in [0.2, 0.25) is 11.3 Å². The summed E-state index contributed by atoms with van der Waals surface area (Å²) in [6.45, 7) is 21.9. The molecule has 2 bridgehead atoms. The maximum Gasteiger partial charge on any atom is 0.407 e. The highest BCUT2D eigenvalue weighted by atomic mass is 16.7. The Morgan fingerprint density at radius 2 is 1.30 bits per heavy atom. The summed E-state index contributed by atoms with van der Waals surface area (Å²) in [6.07, 6.45) is -3.21. The highest BCUT2D eigenvalue weighted by Gasteiger charge is 2.65. The van der Waals surface area contributed by atoms with Crippen LogP contribution in [0.3, 0.4) is 0 Å². The van der Waals surface area contributed by atoms with Crippen LogP contribution in [0.4, 0.5) is 4.79 Å². The molecule has 92 heavy (non-hydrogen) atoms. The van der Waals surface area contributed by atoms with Gasteiger partial charge in [0.1, 0.15) is 29.4 Å².